The van der Waals surface area contributed by atoms with Crippen molar-refractivity contribution in [3.8, 4) is 11.3 Å². The molecule has 148 valence electrons. The number of carbonyl (C=O) groups is 1. The first-order valence-corrected chi connectivity index (χ1v) is 9.92. The number of esters is 1. The number of hydrogen-bond acceptors (Lipinski definition) is 4. The minimum atomic E-state index is -0.251. The molecule has 0 unspecified atom stereocenters. The quantitative estimate of drug-likeness (QED) is 0.633. The van der Waals surface area contributed by atoms with Crippen LogP contribution in [0.25, 0.3) is 11.3 Å². The zero-order valence-corrected chi connectivity index (χ0v) is 16.3. The Morgan fingerprint density at radius 3 is 2.82 bits per heavy atom. The summed E-state index contributed by atoms with van der Waals surface area (Å²) in [5.41, 5.74) is 2.92. The molecule has 2 heterocycles. The van der Waals surface area contributed by atoms with Crippen LogP contribution in [-0.2, 0) is 16.1 Å². The molecule has 1 N–H and O–H groups in total. The van der Waals surface area contributed by atoms with Gasteiger partial charge in [0.1, 0.15) is 5.82 Å². The van der Waals surface area contributed by atoms with Gasteiger partial charge in [0.2, 0.25) is 0 Å². The maximum Gasteiger partial charge on any atom is 0.309 e. The van der Waals surface area contributed by atoms with Crippen LogP contribution in [0.3, 0.4) is 0 Å². The lowest BCUT2D eigenvalue weighted by atomic mass is 9.72. The maximum absolute atomic E-state index is 13.2. The number of benzene rings is 1. The molecule has 1 fully saturated rings. The lowest BCUT2D eigenvalue weighted by Crippen LogP contribution is -2.37. The number of nitrogens with one attached hydrogen (secondary N) is 1. The molecule has 1 aliphatic heterocycles. The number of carbonyl (C=O) groups excluding carboxylic acids is 1. The van der Waals surface area contributed by atoms with E-state index in [9.17, 15) is 9.18 Å². The van der Waals surface area contributed by atoms with Crippen LogP contribution in [0.15, 0.2) is 42.6 Å². The van der Waals surface area contributed by atoms with E-state index in [1.807, 2.05) is 13.1 Å². The van der Waals surface area contributed by atoms with E-state index < -0.39 is 0 Å². The summed E-state index contributed by atoms with van der Waals surface area (Å²) in [7, 11) is 0. The number of likely N-dealkylation sites (tertiary alicyclic amines) is 1. The predicted molar refractivity (Wildman–Crippen MR) is 105 cm³/mol. The van der Waals surface area contributed by atoms with E-state index in [1.165, 1.54) is 12.1 Å². The second kappa shape index (κ2) is 7.87. The SMILES string of the molecule is CCOC(=O)[C@H]1[C@@H]2CN(Cc3cn[nH]c3-c3ccc(F)cc3)C[C@@H]2C=C[C@@H]1C. The van der Waals surface area contributed by atoms with Crippen LogP contribution >= 0.6 is 0 Å². The minimum Gasteiger partial charge on any atom is -0.466 e. The Morgan fingerprint density at radius 2 is 2.07 bits per heavy atom. The van der Waals surface area contributed by atoms with Gasteiger partial charge in [-0.05, 0) is 48.9 Å². The fourth-order valence-corrected chi connectivity index (χ4v) is 4.65. The van der Waals surface area contributed by atoms with E-state index in [0.29, 0.717) is 12.5 Å². The number of aromatic amines is 1. The zero-order chi connectivity index (χ0) is 19.7. The number of nitrogens with zero attached hydrogens (tertiary/aromatic N) is 2. The van der Waals surface area contributed by atoms with Crippen molar-refractivity contribution in [3.63, 3.8) is 0 Å². The Hall–Kier alpha value is -2.47. The molecule has 4 atom stereocenters. The molecule has 28 heavy (non-hydrogen) atoms. The van der Waals surface area contributed by atoms with Crippen molar-refractivity contribution in [1.82, 2.24) is 15.1 Å². The average Bonchev–Trinajstić information content (AvgIpc) is 3.29. The summed E-state index contributed by atoms with van der Waals surface area (Å²) >= 11 is 0. The third-order valence-electron chi connectivity index (χ3n) is 5.98. The van der Waals surface area contributed by atoms with Gasteiger partial charge in [-0.1, -0.05) is 19.1 Å². The van der Waals surface area contributed by atoms with Gasteiger partial charge < -0.3 is 4.74 Å². The molecule has 4 rings (SSSR count). The first-order chi connectivity index (χ1) is 13.6. The summed E-state index contributed by atoms with van der Waals surface area (Å²) in [5.74, 6) is 0.433. The molecule has 0 radical (unpaired) electrons. The lowest BCUT2D eigenvalue weighted by molar-refractivity contribution is -0.152. The molecule has 1 saturated heterocycles. The van der Waals surface area contributed by atoms with E-state index in [-0.39, 0.29) is 29.5 Å². The molecule has 5 nitrogen and oxygen atoms in total. The smallest absolute Gasteiger partial charge is 0.309 e. The van der Waals surface area contributed by atoms with Crippen molar-refractivity contribution >= 4 is 5.97 Å². The Balaban J connectivity index is 1.50. The number of hydrogen-bond donors (Lipinski definition) is 1. The normalized spacial score (nSPS) is 27.0. The van der Waals surface area contributed by atoms with Crippen molar-refractivity contribution in [1.29, 1.82) is 0 Å². The molecule has 1 aromatic carbocycles. The Morgan fingerprint density at radius 1 is 1.29 bits per heavy atom. The fraction of sp³-hybridized carbons (Fsp3) is 0.455. The highest BCUT2D eigenvalue weighted by Gasteiger charge is 2.44. The van der Waals surface area contributed by atoms with Crippen molar-refractivity contribution in [2.24, 2.45) is 23.7 Å². The van der Waals surface area contributed by atoms with Gasteiger partial charge in [-0.25, -0.2) is 4.39 Å². The molecular formula is C22H26FN3O2. The minimum absolute atomic E-state index is 0.0773. The van der Waals surface area contributed by atoms with Crippen LogP contribution < -0.4 is 0 Å². The van der Waals surface area contributed by atoms with Gasteiger partial charge in [0.25, 0.3) is 0 Å². The molecule has 1 aromatic heterocycles. The van der Waals surface area contributed by atoms with E-state index in [2.05, 4.69) is 34.2 Å². The Kier molecular flexibility index (Phi) is 5.31. The summed E-state index contributed by atoms with van der Waals surface area (Å²) in [4.78, 5) is 14.9. The van der Waals surface area contributed by atoms with Crippen molar-refractivity contribution < 1.29 is 13.9 Å². The van der Waals surface area contributed by atoms with Crippen LogP contribution in [0.4, 0.5) is 4.39 Å². The lowest BCUT2D eigenvalue weighted by Gasteiger charge is -2.32. The number of rotatable bonds is 5. The Labute approximate surface area is 164 Å². The highest BCUT2D eigenvalue weighted by Crippen LogP contribution is 2.40. The third-order valence-corrected chi connectivity index (χ3v) is 5.98. The number of allylic oxidation sites excluding steroid dienone is 1. The molecule has 0 spiro atoms. The van der Waals surface area contributed by atoms with Crippen molar-refractivity contribution in [3.05, 3.63) is 54.0 Å². The summed E-state index contributed by atoms with van der Waals surface area (Å²) < 4.78 is 18.6. The first kappa shape index (κ1) is 18.9. The van der Waals surface area contributed by atoms with Gasteiger partial charge in [-0.15, -0.1) is 0 Å². The standard InChI is InChI=1S/C22H26FN3O2/c1-3-28-22(27)20-14(2)4-5-16-11-26(13-19(16)20)12-17-10-24-25-21(17)15-6-8-18(23)9-7-15/h4-10,14,16,19-20H,3,11-13H2,1-2H3,(H,24,25)/t14-,16-,19+,20+/m0/s1. The van der Waals surface area contributed by atoms with Crippen molar-refractivity contribution in [2.75, 3.05) is 19.7 Å². The number of ether oxygens (including phenoxy) is 1. The molecule has 2 aliphatic rings. The van der Waals surface area contributed by atoms with Gasteiger partial charge in [-0.2, -0.15) is 5.10 Å². The monoisotopic (exact) mass is 383 g/mol. The summed E-state index contributed by atoms with van der Waals surface area (Å²) in [6, 6.07) is 6.44. The molecular weight excluding hydrogens is 357 g/mol. The van der Waals surface area contributed by atoms with Crippen LogP contribution in [-0.4, -0.2) is 40.8 Å². The molecule has 0 saturated carbocycles. The van der Waals surface area contributed by atoms with Crippen LogP contribution in [0.5, 0.6) is 0 Å². The summed E-state index contributed by atoms with van der Waals surface area (Å²) in [6.45, 7) is 6.89. The third kappa shape index (κ3) is 3.61. The van der Waals surface area contributed by atoms with Crippen LogP contribution in [0, 0.1) is 29.5 Å². The maximum atomic E-state index is 13.2. The second-order valence-corrected chi connectivity index (χ2v) is 7.82. The summed E-state index contributed by atoms with van der Waals surface area (Å²) in [6.07, 6.45) is 6.26. The van der Waals surface area contributed by atoms with Gasteiger partial charge in [-0.3, -0.25) is 14.8 Å². The van der Waals surface area contributed by atoms with Gasteiger partial charge in [0.15, 0.2) is 0 Å². The van der Waals surface area contributed by atoms with E-state index in [4.69, 9.17) is 4.74 Å². The van der Waals surface area contributed by atoms with Crippen LogP contribution in [0.1, 0.15) is 19.4 Å². The molecule has 1 aliphatic carbocycles. The number of fused-ring (bicyclic) bond motifs is 1. The zero-order valence-electron chi connectivity index (χ0n) is 16.3. The van der Waals surface area contributed by atoms with E-state index in [1.54, 1.807) is 12.1 Å². The molecule has 2 aromatic rings. The molecule has 0 bridgehead atoms. The molecule has 0 amide bonds. The van der Waals surface area contributed by atoms with Crippen molar-refractivity contribution in [2.45, 2.75) is 20.4 Å². The van der Waals surface area contributed by atoms with Gasteiger partial charge >= 0.3 is 5.97 Å². The van der Waals surface area contributed by atoms with Crippen LogP contribution in [0.2, 0.25) is 0 Å². The largest absolute Gasteiger partial charge is 0.466 e. The van der Waals surface area contributed by atoms with E-state index in [0.717, 1.165) is 36.5 Å². The second-order valence-electron chi connectivity index (χ2n) is 7.82. The number of halogens is 1. The number of aromatic nitrogens is 2. The van der Waals surface area contributed by atoms with Gasteiger partial charge in [0, 0.05) is 30.8 Å². The molecule has 6 heteroatoms. The fourth-order valence-electron chi connectivity index (χ4n) is 4.65. The first-order valence-electron chi connectivity index (χ1n) is 9.92. The van der Waals surface area contributed by atoms with E-state index >= 15 is 0 Å². The Bertz CT molecular complexity index is 861. The average molecular weight is 383 g/mol. The highest BCUT2D eigenvalue weighted by atomic mass is 19.1. The predicted octanol–water partition coefficient (Wildman–Crippen LogP) is 3.65. The van der Waals surface area contributed by atoms with Gasteiger partial charge in [0.05, 0.1) is 24.4 Å². The summed E-state index contributed by atoms with van der Waals surface area (Å²) in [5, 5.41) is 7.24. The highest BCUT2D eigenvalue weighted by molar-refractivity contribution is 5.74. The topological polar surface area (TPSA) is 58.2 Å². The number of H-pyrrole nitrogens is 1.